The van der Waals surface area contributed by atoms with Crippen molar-refractivity contribution in [3.63, 3.8) is 0 Å². The fourth-order valence-electron chi connectivity index (χ4n) is 3.02. The zero-order chi connectivity index (χ0) is 15.6. The molecule has 0 aromatic heterocycles. The first-order valence-electron chi connectivity index (χ1n) is 7.99. The molecule has 3 rings (SSSR count). The first kappa shape index (κ1) is 15.3. The summed E-state index contributed by atoms with van der Waals surface area (Å²) in [4.78, 5) is 12.5. The predicted octanol–water partition coefficient (Wildman–Crippen LogP) is 2.26. The molecule has 1 aromatic rings. The maximum absolute atomic E-state index is 12.5. The van der Waals surface area contributed by atoms with Crippen LogP contribution in [0.1, 0.15) is 37.7 Å². The highest BCUT2D eigenvalue weighted by atomic mass is 16.5. The summed E-state index contributed by atoms with van der Waals surface area (Å²) < 4.78 is 5.44. The summed E-state index contributed by atoms with van der Waals surface area (Å²) in [5.74, 6) is -0.562. The second-order valence-corrected chi connectivity index (χ2v) is 6.38. The van der Waals surface area contributed by atoms with Crippen molar-refractivity contribution in [1.29, 1.82) is 0 Å². The van der Waals surface area contributed by atoms with Crippen molar-refractivity contribution in [2.75, 3.05) is 6.61 Å². The third-order valence-corrected chi connectivity index (χ3v) is 4.63. The Morgan fingerprint density at radius 2 is 2.00 bits per heavy atom. The van der Waals surface area contributed by atoms with Gasteiger partial charge >= 0.3 is 5.97 Å². The van der Waals surface area contributed by atoms with Gasteiger partial charge in [0.15, 0.2) is 5.60 Å². The molecule has 0 bridgehead atoms. The normalized spacial score (nSPS) is 24.3. The highest BCUT2D eigenvalue weighted by Crippen LogP contribution is 2.46. The molecule has 0 unspecified atom stereocenters. The molecule has 4 heteroatoms. The summed E-state index contributed by atoms with van der Waals surface area (Å²) in [5, 5.41) is 10.9. The van der Waals surface area contributed by atoms with E-state index in [0.29, 0.717) is 5.56 Å². The maximum atomic E-state index is 12.5. The molecule has 1 aromatic carbocycles. The molecule has 1 saturated carbocycles. The Hall–Kier alpha value is -1.65. The summed E-state index contributed by atoms with van der Waals surface area (Å²) in [6, 6.07) is 9.34. The molecule has 0 aliphatic heterocycles. The van der Waals surface area contributed by atoms with Gasteiger partial charge in [0, 0.05) is 12.0 Å². The van der Waals surface area contributed by atoms with E-state index in [1.807, 2.05) is 18.2 Å². The fraction of sp³-hybridized carbons (Fsp3) is 0.500. The molecule has 3 N–H and O–H groups in total. The highest BCUT2D eigenvalue weighted by molar-refractivity contribution is 5.82. The van der Waals surface area contributed by atoms with Crippen LogP contribution in [0.4, 0.5) is 0 Å². The van der Waals surface area contributed by atoms with Gasteiger partial charge in [-0.25, -0.2) is 4.79 Å². The van der Waals surface area contributed by atoms with E-state index >= 15 is 0 Å². The van der Waals surface area contributed by atoms with Gasteiger partial charge in [0.05, 0.1) is 0 Å². The molecule has 2 aliphatic carbocycles. The zero-order valence-corrected chi connectivity index (χ0v) is 12.7. The molecule has 0 radical (unpaired) electrons. The van der Waals surface area contributed by atoms with Gasteiger partial charge in [0.25, 0.3) is 0 Å². The van der Waals surface area contributed by atoms with Crippen molar-refractivity contribution in [3.05, 3.63) is 47.5 Å². The van der Waals surface area contributed by atoms with Crippen LogP contribution in [0.3, 0.4) is 0 Å². The Bertz CT molecular complexity index is 565. The van der Waals surface area contributed by atoms with E-state index in [4.69, 9.17) is 10.5 Å². The molecule has 0 amide bonds. The molecular weight excluding hydrogens is 278 g/mol. The lowest BCUT2D eigenvalue weighted by Gasteiger charge is -2.27. The number of esters is 1. The first-order valence-corrected chi connectivity index (χ1v) is 7.99. The Morgan fingerprint density at radius 3 is 2.59 bits per heavy atom. The molecule has 22 heavy (non-hydrogen) atoms. The average molecular weight is 301 g/mol. The summed E-state index contributed by atoms with van der Waals surface area (Å²) in [6.07, 6.45) is 6.39. The number of nitrogens with two attached hydrogens (primary N) is 1. The van der Waals surface area contributed by atoms with E-state index in [-0.39, 0.29) is 18.6 Å². The van der Waals surface area contributed by atoms with Crippen molar-refractivity contribution in [2.45, 2.75) is 43.7 Å². The van der Waals surface area contributed by atoms with Crippen LogP contribution in [0.15, 0.2) is 42.0 Å². The van der Waals surface area contributed by atoms with Gasteiger partial charge in [0.1, 0.15) is 6.61 Å². The Balaban J connectivity index is 1.69. The van der Waals surface area contributed by atoms with Crippen LogP contribution in [0.2, 0.25) is 0 Å². The molecule has 2 aliphatic rings. The molecule has 0 heterocycles. The SMILES string of the molecule is N[C@H]1CC=C(COC(=O)[C@@](O)(c2ccccc2)C2CC2)CC1. The van der Waals surface area contributed by atoms with Gasteiger partial charge in [-0.3, -0.25) is 0 Å². The predicted molar refractivity (Wildman–Crippen MR) is 83.9 cm³/mol. The molecule has 0 saturated heterocycles. The average Bonchev–Trinajstić information content (AvgIpc) is 3.39. The highest BCUT2D eigenvalue weighted by Gasteiger charge is 2.52. The van der Waals surface area contributed by atoms with Crippen LogP contribution < -0.4 is 5.73 Å². The molecule has 0 spiro atoms. The minimum atomic E-state index is -1.51. The quantitative estimate of drug-likeness (QED) is 0.646. The van der Waals surface area contributed by atoms with E-state index in [9.17, 15) is 9.90 Å². The van der Waals surface area contributed by atoms with Crippen LogP contribution in [0.25, 0.3) is 0 Å². The van der Waals surface area contributed by atoms with E-state index in [2.05, 4.69) is 6.08 Å². The third kappa shape index (κ3) is 3.08. The van der Waals surface area contributed by atoms with E-state index in [0.717, 1.165) is 37.7 Å². The number of rotatable bonds is 5. The number of benzene rings is 1. The van der Waals surface area contributed by atoms with Crippen LogP contribution in [-0.2, 0) is 15.1 Å². The standard InChI is InChI=1S/C18H23NO3/c19-16-10-6-13(7-11-16)12-22-17(20)18(21,15-8-9-15)14-4-2-1-3-5-14/h1-6,15-16,21H,7-12,19H2/t16-,18+/m0/s1. The van der Waals surface area contributed by atoms with Gasteiger partial charge in [-0.05, 0) is 43.2 Å². The van der Waals surface area contributed by atoms with E-state index in [1.165, 1.54) is 0 Å². The molecule has 118 valence electrons. The summed E-state index contributed by atoms with van der Waals surface area (Å²) in [7, 11) is 0. The Morgan fingerprint density at radius 1 is 1.27 bits per heavy atom. The van der Waals surface area contributed by atoms with Crippen molar-refractivity contribution >= 4 is 5.97 Å². The van der Waals surface area contributed by atoms with Crippen LogP contribution in [0.5, 0.6) is 0 Å². The minimum absolute atomic E-state index is 0.0313. The molecular formula is C18H23NO3. The van der Waals surface area contributed by atoms with Crippen molar-refractivity contribution in [2.24, 2.45) is 11.7 Å². The lowest BCUT2D eigenvalue weighted by atomic mass is 9.89. The minimum Gasteiger partial charge on any atom is -0.459 e. The van der Waals surface area contributed by atoms with Crippen LogP contribution in [0, 0.1) is 5.92 Å². The second-order valence-electron chi connectivity index (χ2n) is 6.38. The second kappa shape index (κ2) is 6.23. The number of aliphatic hydroxyl groups is 1. The van der Waals surface area contributed by atoms with Gasteiger partial charge < -0.3 is 15.6 Å². The van der Waals surface area contributed by atoms with Gasteiger partial charge in [-0.15, -0.1) is 0 Å². The number of hydrogen-bond acceptors (Lipinski definition) is 4. The van der Waals surface area contributed by atoms with Crippen molar-refractivity contribution in [3.8, 4) is 0 Å². The van der Waals surface area contributed by atoms with Crippen molar-refractivity contribution < 1.29 is 14.6 Å². The van der Waals surface area contributed by atoms with Crippen LogP contribution >= 0.6 is 0 Å². The van der Waals surface area contributed by atoms with E-state index < -0.39 is 11.6 Å². The Kier molecular flexibility index (Phi) is 4.32. The monoisotopic (exact) mass is 301 g/mol. The molecule has 1 fully saturated rings. The zero-order valence-electron chi connectivity index (χ0n) is 12.7. The summed E-state index contributed by atoms with van der Waals surface area (Å²) in [6.45, 7) is 0.257. The Labute approximate surface area is 131 Å². The summed E-state index contributed by atoms with van der Waals surface area (Å²) >= 11 is 0. The number of hydrogen-bond donors (Lipinski definition) is 2. The van der Waals surface area contributed by atoms with Gasteiger partial charge in [0.2, 0.25) is 0 Å². The van der Waals surface area contributed by atoms with Gasteiger partial charge in [-0.2, -0.15) is 0 Å². The lowest BCUT2D eigenvalue weighted by Crippen LogP contribution is -2.40. The summed E-state index contributed by atoms with van der Waals surface area (Å²) in [5.41, 5.74) is 6.07. The lowest BCUT2D eigenvalue weighted by molar-refractivity contribution is -0.168. The molecule has 4 nitrogen and oxygen atoms in total. The largest absolute Gasteiger partial charge is 0.459 e. The number of carbonyl (C=O) groups is 1. The topological polar surface area (TPSA) is 72.5 Å². The number of ether oxygens (including phenoxy) is 1. The fourth-order valence-corrected chi connectivity index (χ4v) is 3.02. The smallest absolute Gasteiger partial charge is 0.343 e. The van der Waals surface area contributed by atoms with Crippen LogP contribution in [-0.4, -0.2) is 23.7 Å². The van der Waals surface area contributed by atoms with Crippen molar-refractivity contribution in [1.82, 2.24) is 0 Å². The van der Waals surface area contributed by atoms with E-state index in [1.54, 1.807) is 12.1 Å². The first-order chi connectivity index (χ1) is 10.6. The third-order valence-electron chi connectivity index (χ3n) is 4.63. The van der Waals surface area contributed by atoms with Gasteiger partial charge in [-0.1, -0.05) is 36.4 Å². The maximum Gasteiger partial charge on any atom is 0.343 e. The molecule has 2 atom stereocenters. The number of carbonyl (C=O) groups excluding carboxylic acids is 1.